The van der Waals surface area contributed by atoms with Crippen molar-refractivity contribution in [1.29, 1.82) is 0 Å². The standard InChI is InChI=1S/C16H19N3O2/c20-11-14(12-5-2-1-3-6-12)16(21)18-10-13-9-17-15-7-4-8-19(13)15/h1-3,5-6,9,14,20H,4,7-8,10-11H2,(H,18,21). The van der Waals surface area contributed by atoms with Crippen LogP contribution in [-0.4, -0.2) is 27.2 Å². The molecule has 0 fully saturated rings. The fourth-order valence-electron chi connectivity index (χ4n) is 2.79. The normalized spacial score (nSPS) is 14.7. The molecule has 5 nitrogen and oxygen atoms in total. The quantitative estimate of drug-likeness (QED) is 0.868. The second-order valence-corrected chi connectivity index (χ2v) is 5.28. The van der Waals surface area contributed by atoms with Crippen molar-refractivity contribution in [2.24, 2.45) is 0 Å². The lowest BCUT2D eigenvalue weighted by atomic mass is 9.99. The summed E-state index contributed by atoms with van der Waals surface area (Å²) < 4.78 is 2.16. The molecular weight excluding hydrogens is 266 g/mol. The van der Waals surface area contributed by atoms with E-state index in [0.717, 1.165) is 36.5 Å². The van der Waals surface area contributed by atoms with Gasteiger partial charge in [0.1, 0.15) is 5.82 Å². The zero-order chi connectivity index (χ0) is 14.7. The van der Waals surface area contributed by atoms with Crippen LogP contribution < -0.4 is 5.32 Å². The Morgan fingerprint density at radius 2 is 2.19 bits per heavy atom. The fourth-order valence-corrected chi connectivity index (χ4v) is 2.79. The van der Waals surface area contributed by atoms with Gasteiger partial charge in [0.05, 0.1) is 31.0 Å². The van der Waals surface area contributed by atoms with Crippen LogP contribution in [0.1, 0.15) is 29.4 Å². The van der Waals surface area contributed by atoms with Gasteiger partial charge in [-0.05, 0) is 12.0 Å². The highest BCUT2D eigenvalue weighted by molar-refractivity contribution is 5.83. The van der Waals surface area contributed by atoms with Gasteiger partial charge in [-0.2, -0.15) is 0 Å². The summed E-state index contributed by atoms with van der Waals surface area (Å²) in [6.07, 6.45) is 3.95. The number of rotatable bonds is 5. The number of carbonyl (C=O) groups excluding carboxylic acids is 1. The Bertz CT molecular complexity index is 622. The second-order valence-electron chi connectivity index (χ2n) is 5.28. The van der Waals surface area contributed by atoms with Gasteiger partial charge in [-0.15, -0.1) is 0 Å². The van der Waals surface area contributed by atoms with Crippen molar-refractivity contribution in [3.63, 3.8) is 0 Å². The van der Waals surface area contributed by atoms with E-state index in [2.05, 4.69) is 14.9 Å². The second kappa shape index (κ2) is 6.10. The molecule has 0 spiro atoms. The monoisotopic (exact) mass is 285 g/mol. The number of aromatic nitrogens is 2. The first kappa shape index (κ1) is 13.8. The van der Waals surface area contributed by atoms with Crippen molar-refractivity contribution in [3.8, 4) is 0 Å². The van der Waals surface area contributed by atoms with E-state index in [9.17, 15) is 9.90 Å². The van der Waals surface area contributed by atoms with E-state index in [0.29, 0.717) is 6.54 Å². The summed E-state index contributed by atoms with van der Waals surface area (Å²) in [6, 6.07) is 9.35. The van der Waals surface area contributed by atoms with Gasteiger partial charge in [0, 0.05) is 13.0 Å². The Kier molecular flexibility index (Phi) is 4.01. The molecule has 0 radical (unpaired) electrons. The average molecular weight is 285 g/mol. The van der Waals surface area contributed by atoms with Crippen molar-refractivity contribution in [1.82, 2.24) is 14.9 Å². The Morgan fingerprint density at radius 1 is 1.38 bits per heavy atom. The van der Waals surface area contributed by atoms with Crippen LogP contribution >= 0.6 is 0 Å². The number of nitrogens with one attached hydrogen (secondary N) is 1. The van der Waals surface area contributed by atoms with Gasteiger partial charge in [0.2, 0.25) is 5.91 Å². The molecule has 1 aromatic carbocycles. The van der Waals surface area contributed by atoms with Crippen LogP contribution in [0.5, 0.6) is 0 Å². The molecule has 1 aromatic heterocycles. The van der Waals surface area contributed by atoms with E-state index < -0.39 is 5.92 Å². The summed E-state index contributed by atoms with van der Waals surface area (Å²) in [5.41, 5.74) is 1.86. The van der Waals surface area contributed by atoms with Crippen LogP contribution in [0.15, 0.2) is 36.5 Å². The molecular formula is C16H19N3O2. The molecule has 5 heteroatoms. The molecule has 1 aliphatic rings. The minimum absolute atomic E-state index is 0.155. The van der Waals surface area contributed by atoms with Crippen LogP contribution in [0.3, 0.4) is 0 Å². The number of amides is 1. The molecule has 2 heterocycles. The molecule has 0 saturated heterocycles. The number of hydrogen-bond acceptors (Lipinski definition) is 3. The van der Waals surface area contributed by atoms with Gasteiger partial charge < -0.3 is 15.0 Å². The van der Waals surface area contributed by atoms with Crippen LogP contribution in [0.4, 0.5) is 0 Å². The summed E-state index contributed by atoms with van der Waals surface area (Å²) in [5, 5.41) is 12.4. The van der Waals surface area contributed by atoms with Crippen molar-refractivity contribution in [3.05, 3.63) is 53.6 Å². The third-order valence-corrected chi connectivity index (χ3v) is 3.95. The zero-order valence-electron chi connectivity index (χ0n) is 11.8. The molecule has 21 heavy (non-hydrogen) atoms. The lowest BCUT2D eigenvalue weighted by Crippen LogP contribution is -2.31. The lowest BCUT2D eigenvalue weighted by molar-refractivity contribution is -0.123. The van der Waals surface area contributed by atoms with Gasteiger partial charge in [-0.25, -0.2) is 4.98 Å². The summed E-state index contributed by atoms with van der Waals surface area (Å²) in [7, 11) is 0. The molecule has 0 bridgehead atoms. The van der Waals surface area contributed by atoms with E-state index >= 15 is 0 Å². The van der Waals surface area contributed by atoms with Gasteiger partial charge >= 0.3 is 0 Å². The van der Waals surface area contributed by atoms with Crippen LogP contribution in [0.2, 0.25) is 0 Å². The fraction of sp³-hybridized carbons (Fsp3) is 0.375. The molecule has 110 valence electrons. The van der Waals surface area contributed by atoms with E-state index in [1.807, 2.05) is 36.5 Å². The van der Waals surface area contributed by atoms with Crippen LogP contribution in [0, 0.1) is 0 Å². The maximum atomic E-state index is 12.3. The van der Waals surface area contributed by atoms with E-state index in [1.165, 1.54) is 0 Å². The van der Waals surface area contributed by atoms with Crippen molar-refractivity contribution in [2.75, 3.05) is 6.61 Å². The Labute approximate surface area is 123 Å². The van der Waals surface area contributed by atoms with Crippen LogP contribution in [-0.2, 0) is 24.3 Å². The first-order valence-electron chi connectivity index (χ1n) is 7.26. The van der Waals surface area contributed by atoms with Crippen molar-refractivity contribution < 1.29 is 9.90 Å². The molecule has 3 rings (SSSR count). The Balaban J connectivity index is 1.65. The summed E-state index contributed by atoms with van der Waals surface area (Å²) in [6.45, 7) is 1.23. The predicted octanol–water partition coefficient (Wildman–Crippen LogP) is 1.22. The van der Waals surface area contributed by atoms with Gasteiger partial charge in [0.25, 0.3) is 0 Å². The van der Waals surface area contributed by atoms with Crippen molar-refractivity contribution in [2.45, 2.75) is 31.8 Å². The van der Waals surface area contributed by atoms with Crippen LogP contribution in [0.25, 0.3) is 0 Å². The number of nitrogens with zero attached hydrogens (tertiary/aromatic N) is 2. The molecule has 2 aromatic rings. The third-order valence-electron chi connectivity index (χ3n) is 3.95. The largest absolute Gasteiger partial charge is 0.395 e. The zero-order valence-corrected chi connectivity index (χ0v) is 11.8. The number of carbonyl (C=O) groups is 1. The Hall–Kier alpha value is -2.14. The summed E-state index contributed by atoms with van der Waals surface area (Å²) in [5.74, 6) is 0.422. The molecule has 0 aliphatic carbocycles. The van der Waals surface area contributed by atoms with Gasteiger partial charge in [0.15, 0.2) is 0 Å². The number of hydrogen-bond donors (Lipinski definition) is 2. The maximum Gasteiger partial charge on any atom is 0.230 e. The lowest BCUT2D eigenvalue weighted by Gasteiger charge is -2.15. The third kappa shape index (κ3) is 2.83. The van der Waals surface area contributed by atoms with Gasteiger partial charge in [-0.3, -0.25) is 4.79 Å². The highest BCUT2D eigenvalue weighted by atomic mass is 16.3. The average Bonchev–Trinajstić information content (AvgIpc) is 3.10. The van der Waals surface area contributed by atoms with E-state index in [-0.39, 0.29) is 12.5 Å². The molecule has 1 amide bonds. The summed E-state index contributed by atoms with van der Waals surface area (Å²) in [4.78, 5) is 16.6. The first-order valence-corrected chi connectivity index (χ1v) is 7.26. The molecule has 2 N–H and O–H groups in total. The highest BCUT2D eigenvalue weighted by Gasteiger charge is 2.21. The first-order chi connectivity index (χ1) is 10.3. The minimum Gasteiger partial charge on any atom is -0.395 e. The summed E-state index contributed by atoms with van der Waals surface area (Å²) >= 11 is 0. The SMILES string of the molecule is O=C(NCc1cnc2n1CCC2)C(CO)c1ccccc1. The number of aliphatic hydroxyl groups excluding tert-OH is 1. The molecule has 1 atom stereocenters. The number of aryl methyl sites for hydroxylation is 1. The van der Waals surface area contributed by atoms with E-state index in [4.69, 9.17) is 0 Å². The smallest absolute Gasteiger partial charge is 0.230 e. The topological polar surface area (TPSA) is 67.2 Å². The molecule has 1 aliphatic heterocycles. The number of imidazole rings is 1. The maximum absolute atomic E-state index is 12.3. The van der Waals surface area contributed by atoms with E-state index in [1.54, 1.807) is 0 Å². The highest BCUT2D eigenvalue weighted by Crippen LogP contribution is 2.17. The predicted molar refractivity (Wildman–Crippen MR) is 78.7 cm³/mol. The number of fused-ring (bicyclic) bond motifs is 1. The Morgan fingerprint density at radius 3 is 2.95 bits per heavy atom. The number of aliphatic hydroxyl groups is 1. The van der Waals surface area contributed by atoms with Gasteiger partial charge in [-0.1, -0.05) is 30.3 Å². The minimum atomic E-state index is -0.521. The molecule has 1 unspecified atom stereocenters. The molecule has 0 saturated carbocycles. The number of benzene rings is 1. The van der Waals surface area contributed by atoms with Crippen molar-refractivity contribution >= 4 is 5.91 Å².